The summed E-state index contributed by atoms with van der Waals surface area (Å²) < 4.78 is 11.7. The average molecular weight is 530 g/mol. The molecule has 2 fully saturated rings. The fourth-order valence-electron chi connectivity index (χ4n) is 3.58. The second-order valence-electron chi connectivity index (χ2n) is 7.92. The number of hydrogen-bond donors (Lipinski definition) is 1. The topological polar surface area (TPSA) is 66.4 Å². The summed E-state index contributed by atoms with van der Waals surface area (Å²) in [5.74, 6) is 0.828. The molecule has 1 atom stereocenters. The number of guanidine groups is 1. The van der Waals surface area contributed by atoms with Crippen molar-refractivity contribution in [2.75, 3.05) is 46.9 Å². The van der Waals surface area contributed by atoms with Crippen molar-refractivity contribution in [1.29, 1.82) is 0 Å². The Balaban J connectivity index is 0.00000320. The van der Waals surface area contributed by atoms with Crippen molar-refractivity contribution in [1.82, 2.24) is 15.1 Å². The van der Waals surface area contributed by atoms with Crippen LogP contribution in [-0.2, 0) is 20.8 Å². The van der Waals surface area contributed by atoms with Crippen molar-refractivity contribution in [2.24, 2.45) is 4.99 Å². The van der Waals surface area contributed by atoms with E-state index in [-0.39, 0.29) is 48.6 Å². The number of rotatable bonds is 7. The third kappa shape index (κ3) is 8.03. The molecular weight excluding hydrogens is 495 g/mol. The number of amides is 1. The molecule has 0 radical (unpaired) electrons. The van der Waals surface area contributed by atoms with Gasteiger partial charge in [0.05, 0.1) is 31.9 Å². The van der Waals surface area contributed by atoms with E-state index in [1.165, 1.54) is 0 Å². The van der Waals surface area contributed by atoms with E-state index < -0.39 is 0 Å². The molecule has 168 valence electrons. The zero-order valence-corrected chi connectivity index (χ0v) is 20.4. The van der Waals surface area contributed by atoms with Gasteiger partial charge in [0.1, 0.15) is 0 Å². The van der Waals surface area contributed by atoms with Crippen molar-refractivity contribution >= 4 is 35.8 Å². The molecular formula is C22H35IN4O3. The van der Waals surface area contributed by atoms with Crippen LogP contribution in [0, 0.1) is 0 Å². The van der Waals surface area contributed by atoms with E-state index in [9.17, 15) is 4.79 Å². The van der Waals surface area contributed by atoms with Gasteiger partial charge in [-0.2, -0.15) is 0 Å². The lowest BCUT2D eigenvalue weighted by Gasteiger charge is -2.34. The SMILES string of the molecule is CN(C)C(=O)CNC(=NCc1ccccc1)N1CCC(OCC2CCCO2)CC1.I. The van der Waals surface area contributed by atoms with Gasteiger partial charge in [0.25, 0.3) is 0 Å². The predicted octanol–water partition coefficient (Wildman–Crippen LogP) is 2.50. The summed E-state index contributed by atoms with van der Waals surface area (Å²) in [4.78, 5) is 20.6. The second kappa shape index (κ2) is 13.1. The molecule has 0 aromatic heterocycles. The van der Waals surface area contributed by atoms with Gasteiger partial charge in [0, 0.05) is 33.8 Å². The first-order valence-electron chi connectivity index (χ1n) is 10.6. The minimum absolute atomic E-state index is 0. The Morgan fingerprint density at radius 2 is 1.97 bits per heavy atom. The van der Waals surface area contributed by atoms with Gasteiger partial charge in [0.15, 0.2) is 5.96 Å². The standard InChI is InChI=1S/C22H34N4O3.HI/c1-25(2)21(27)16-24-22(23-15-18-7-4-3-5-8-18)26-12-10-19(11-13-26)29-17-20-9-6-14-28-20;/h3-5,7-8,19-20H,6,9-17H2,1-2H3,(H,23,24);1H. The molecule has 2 saturated heterocycles. The minimum Gasteiger partial charge on any atom is -0.376 e. The number of carbonyl (C=O) groups is 1. The Bertz CT molecular complexity index is 658. The molecule has 0 saturated carbocycles. The van der Waals surface area contributed by atoms with Crippen LogP contribution in [-0.4, -0.2) is 80.8 Å². The summed E-state index contributed by atoms with van der Waals surface area (Å²) in [6.45, 7) is 4.14. The van der Waals surface area contributed by atoms with Crippen molar-refractivity contribution < 1.29 is 14.3 Å². The Labute approximate surface area is 197 Å². The number of nitrogens with one attached hydrogen (secondary N) is 1. The van der Waals surface area contributed by atoms with Crippen molar-refractivity contribution in [2.45, 2.75) is 44.4 Å². The number of piperidine rings is 1. The molecule has 30 heavy (non-hydrogen) atoms. The zero-order chi connectivity index (χ0) is 20.5. The van der Waals surface area contributed by atoms with E-state index in [1.807, 2.05) is 18.2 Å². The molecule has 2 aliphatic heterocycles. The molecule has 7 nitrogen and oxygen atoms in total. The lowest BCUT2D eigenvalue weighted by atomic mass is 10.1. The first kappa shape index (κ1) is 24.9. The van der Waals surface area contributed by atoms with Crippen molar-refractivity contribution in [3.63, 3.8) is 0 Å². The molecule has 1 N–H and O–H groups in total. The normalized spacial score (nSPS) is 20.0. The highest BCUT2D eigenvalue weighted by Crippen LogP contribution is 2.18. The predicted molar refractivity (Wildman–Crippen MR) is 129 cm³/mol. The number of hydrogen-bond acceptors (Lipinski definition) is 4. The molecule has 2 heterocycles. The molecule has 0 aliphatic carbocycles. The first-order chi connectivity index (χ1) is 14.1. The van der Waals surface area contributed by atoms with Gasteiger partial charge in [-0.05, 0) is 31.2 Å². The largest absolute Gasteiger partial charge is 0.376 e. The number of aliphatic imine (C=N–C) groups is 1. The number of halogens is 1. The van der Waals surface area contributed by atoms with E-state index in [1.54, 1.807) is 19.0 Å². The number of carbonyl (C=O) groups excluding carboxylic acids is 1. The summed E-state index contributed by atoms with van der Waals surface area (Å²) in [5.41, 5.74) is 1.15. The molecule has 2 aliphatic rings. The summed E-state index contributed by atoms with van der Waals surface area (Å²) in [5, 5.41) is 3.26. The Kier molecular flexibility index (Phi) is 10.9. The smallest absolute Gasteiger partial charge is 0.241 e. The van der Waals surface area contributed by atoms with Gasteiger partial charge < -0.3 is 24.6 Å². The summed E-state index contributed by atoms with van der Waals surface area (Å²) in [7, 11) is 3.53. The van der Waals surface area contributed by atoms with Gasteiger partial charge in [0.2, 0.25) is 5.91 Å². The summed E-state index contributed by atoms with van der Waals surface area (Å²) in [6.07, 6.45) is 4.72. The molecule has 3 rings (SSSR count). The van der Waals surface area contributed by atoms with E-state index >= 15 is 0 Å². The molecule has 0 bridgehead atoms. The maximum absolute atomic E-state index is 12.0. The highest BCUT2D eigenvalue weighted by atomic mass is 127. The van der Waals surface area contributed by atoms with Crippen molar-refractivity contribution in [3.05, 3.63) is 35.9 Å². The van der Waals surface area contributed by atoms with Gasteiger partial charge in [-0.1, -0.05) is 30.3 Å². The zero-order valence-electron chi connectivity index (χ0n) is 18.1. The lowest BCUT2D eigenvalue weighted by Crippen LogP contribution is -2.49. The molecule has 1 aromatic carbocycles. The quantitative estimate of drug-likeness (QED) is 0.334. The fraction of sp³-hybridized carbons (Fsp3) is 0.636. The minimum atomic E-state index is 0. The molecule has 8 heteroatoms. The van der Waals surface area contributed by atoms with Gasteiger partial charge in [-0.25, -0.2) is 4.99 Å². The number of nitrogens with zero attached hydrogens (tertiary/aromatic N) is 3. The fourth-order valence-corrected chi connectivity index (χ4v) is 3.58. The Hall–Kier alpha value is -1.39. The Morgan fingerprint density at radius 3 is 2.60 bits per heavy atom. The van der Waals surface area contributed by atoms with Gasteiger partial charge >= 0.3 is 0 Å². The third-order valence-corrected chi connectivity index (χ3v) is 5.43. The molecule has 1 aromatic rings. The van der Waals surface area contributed by atoms with Gasteiger partial charge in [-0.3, -0.25) is 4.79 Å². The third-order valence-electron chi connectivity index (χ3n) is 5.43. The maximum atomic E-state index is 12.0. The van der Waals surface area contributed by atoms with Crippen LogP contribution in [0.3, 0.4) is 0 Å². The van der Waals surface area contributed by atoms with Crippen LogP contribution in [0.4, 0.5) is 0 Å². The van der Waals surface area contributed by atoms with Crippen LogP contribution in [0.25, 0.3) is 0 Å². The monoisotopic (exact) mass is 530 g/mol. The van der Waals surface area contributed by atoms with Gasteiger partial charge in [-0.15, -0.1) is 24.0 Å². The van der Waals surface area contributed by atoms with E-state index in [0.717, 1.165) is 56.9 Å². The highest BCUT2D eigenvalue weighted by molar-refractivity contribution is 14.0. The number of benzene rings is 1. The van der Waals surface area contributed by atoms with Crippen molar-refractivity contribution in [3.8, 4) is 0 Å². The maximum Gasteiger partial charge on any atom is 0.241 e. The number of likely N-dealkylation sites (N-methyl/N-ethyl adjacent to an activating group) is 1. The van der Waals surface area contributed by atoms with Crippen LogP contribution in [0.2, 0.25) is 0 Å². The number of likely N-dealkylation sites (tertiary alicyclic amines) is 1. The molecule has 1 amide bonds. The number of ether oxygens (including phenoxy) is 2. The highest BCUT2D eigenvalue weighted by Gasteiger charge is 2.24. The van der Waals surface area contributed by atoms with E-state index in [2.05, 4.69) is 22.3 Å². The van der Waals surface area contributed by atoms with E-state index in [0.29, 0.717) is 13.2 Å². The Morgan fingerprint density at radius 1 is 1.23 bits per heavy atom. The van der Waals surface area contributed by atoms with Crippen LogP contribution >= 0.6 is 24.0 Å². The van der Waals surface area contributed by atoms with Crippen LogP contribution in [0.15, 0.2) is 35.3 Å². The lowest BCUT2D eigenvalue weighted by molar-refractivity contribution is -0.127. The summed E-state index contributed by atoms with van der Waals surface area (Å²) in [6, 6.07) is 10.2. The van der Waals surface area contributed by atoms with Crippen LogP contribution in [0.5, 0.6) is 0 Å². The summed E-state index contributed by atoms with van der Waals surface area (Å²) >= 11 is 0. The van der Waals surface area contributed by atoms with Crippen LogP contribution in [0.1, 0.15) is 31.2 Å². The van der Waals surface area contributed by atoms with E-state index in [4.69, 9.17) is 14.5 Å². The molecule has 1 unspecified atom stereocenters. The second-order valence-corrected chi connectivity index (χ2v) is 7.92. The molecule has 0 spiro atoms. The first-order valence-corrected chi connectivity index (χ1v) is 10.6. The average Bonchev–Trinajstić information content (AvgIpc) is 3.27. The van der Waals surface area contributed by atoms with Crippen LogP contribution < -0.4 is 5.32 Å².